The lowest BCUT2D eigenvalue weighted by Gasteiger charge is -2.33. The zero-order chi connectivity index (χ0) is 28.6. The second-order valence-corrected chi connectivity index (χ2v) is 13.6. The predicted molar refractivity (Wildman–Crippen MR) is 229 cm³/mol. The summed E-state index contributed by atoms with van der Waals surface area (Å²) < 4.78 is 47.5. The summed E-state index contributed by atoms with van der Waals surface area (Å²) in [5.41, 5.74) is -1.31. The summed E-state index contributed by atoms with van der Waals surface area (Å²) in [4.78, 5) is 0. The molecule has 0 rings (SSSR count). The van der Waals surface area contributed by atoms with Gasteiger partial charge >= 0.3 is 0 Å². The Hall–Kier alpha value is -0.320. The molecule has 0 unspecified atom stereocenters. The minimum absolute atomic E-state index is 0. The average Bonchev–Trinajstić information content (AvgIpc) is 2.69. The van der Waals surface area contributed by atoms with Crippen molar-refractivity contribution in [2.24, 2.45) is 5.41 Å². The first-order chi connectivity index (χ1) is 16.8. The van der Waals surface area contributed by atoms with Crippen LogP contribution in [0.25, 0.3) is 0 Å². The molecule has 8 nitrogen and oxygen atoms in total. The van der Waals surface area contributed by atoms with E-state index in [1.807, 2.05) is 83.1 Å². The Balaban J connectivity index is -0.0000000982. The van der Waals surface area contributed by atoms with Gasteiger partial charge in [-0.1, -0.05) is 89.1 Å². The number of hydrogen-bond donors (Lipinski definition) is 0. The van der Waals surface area contributed by atoms with Gasteiger partial charge < -0.3 is 37.9 Å². The van der Waals surface area contributed by atoms with Crippen LogP contribution < -0.4 is 0 Å². The first-order valence-corrected chi connectivity index (χ1v) is 13.7. The van der Waals surface area contributed by atoms with Crippen LogP contribution in [0.15, 0.2) is 0 Å². The molecular weight excluding hydrogens is 620 g/mol. The van der Waals surface area contributed by atoms with Gasteiger partial charge in [-0.15, -0.1) is 0 Å². The summed E-state index contributed by atoms with van der Waals surface area (Å²) in [5, 5.41) is 0. The van der Waals surface area contributed by atoms with Gasteiger partial charge in [0.2, 0.25) is 0 Å². The van der Waals surface area contributed by atoms with Crippen molar-refractivity contribution in [3.63, 3.8) is 0 Å². The van der Waals surface area contributed by atoms with Crippen LogP contribution in [-0.2, 0) is 37.9 Å². The average molecular weight is 729 g/mol. The number of ether oxygens (including phenoxy) is 8. The van der Waals surface area contributed by atoms with Gasteiger partial charge in [0, 0.05) is 0 Å². The maximum Gasteiger partial charge on any atom is 0.0707 e. The van der Waals surface area contributed by atoms with Crippen molar-refractivity contribution in [2.75, 3.05) is 79.3 Å². The molecule has 0 aliphatic carbocycles. The van der Waals surface area contributed by atoms with E-state index in [4.69, 9.17) is 37.9 Å². The van der Waals surface area contributed by atoms with Crippen molar-refractivity contribution in [3.8, 4) is 0 Å². The Morgan fingerprint density at radius 2 is 0.388 bits per heavy atom. The maximum atomic E-state index is 6.07. The third-order valence-electron chi connectivity index (χ3n) is 4.68. The van der Waals surface area contributed by atoms with E-state index in [1.165, 1.54) is 0 Å². The molecule has 0 aliphatic rings. The molecule has 320 valence electrons. The van der Waals surface area contributed by atoms with Crippen molar-refractivity contribution >= 4 is 0 Å². The second-order valence-electron chi connectivity index (χ2n) is 13.6. The highest BCUT2D eigenvalue weighted by Crippen LogP contribution is 2.22. The van der Waals surface area contributed by atoms with Gasteiger partial charge in [0.25, 0.3) is 0 Å². The van der Waals surface area contributed by atoms with E-state index in [9.17, 15) is 0 Å². The van der Waals surface area contributed by atoms with Crippen LogP contribution in [0.1, 0.15) is 172 Å². The second kappa shape index (κ2) is 42.1. The van der Waals surface area contributed by atoms with Crippen LogP contribution in [-0.4, -0.2) is 102 Å². The fraction of sp³-hybridized carbons (Fsp3) is 1.00. The molecule has 0 atom stereocenters. The highest BCUT2D eigenvalue weighted by atomic mass is 16.6. The van der Waals surface area contributed by atoms with Crippen molar-refractivity contribution in [1.82, 2.24) is 0 Å². The highest BCUT2D eigenvalue weighted by Gasteiger charge is 2.33. The third-order valence-corrected chi connectivity index (χ3v) is 4.68. The molecule has 0 aromatic carbocycles. The molecule has 0 aromatic rings. The largest absolute Gasteiger partial charge is 0.378 e. The molecule has 0 spiro atoms. The zero-order valence-electron chi connectivity index (χ0n) is 26.3. The molecular formula is C41H108O8. The molecule has 0 fully saturated rings. The summed E-state index contributed by atoms with van der Waals surface area (Å²) in [6.07, 6.45) is 0. The Kier molecular flexibility index (Phi) is 74.7. The monoisotopic (exact) mass is 729 g/mol. The molecule has 0 N–H and O–H groups in total. The molecule has 0 aliphatic heterocycles. The minimum Gasteiger partial charge on any atom is -0.378 e. The fourth-order valence-electron chi connectivity index (χ4n) is 3.03. The van der Waals surface area contributed by atoms with Gasteiger partial charge in [0.1, 0.15) is 0 Å². The van der Waals surface area contributed by atoms with Gasteiger partial charge in [-0.2, -0.15) is 0 Å². The highest BCUT2D eigenvalue weighted by molar-refractivity contribution is 4.80. The fourth-order valence-corrected chi connectivity index (χ4v) is 3.03. The van der Waals surface area contributed by atoms with E-state index in [-0.39, 0.29) is 112 Å². The SMILES string of the molecule is C.C.C.C.C.C.C.C.C.C.C.C.CC(C)(C)OCCOCC(COCCOC(C)(C)C)(COCCOC(C)(C)C)COCCOC(C)(C)C. The summed E-state index contributed by atoms with van der Waals surface area (Å²) in [5.74, 6) is 0. The zero-order valence-corrected chi connectivity index (χ0v) is 26.3. The van der Waals surface area contributed by atoms with E-state index in [0.717, 1.165) is 0 Å². The molecule has 0 radical (unpaired) electrons. The lowest BCUT2D eigenvalue weighted by molar-refractivity contribution is -0.134. The summed E-state index contributed by atoms with van der Waals surface area (Å²) in [7, 11) is 0. The van der Waals surface area contributed by atoms with Crippen LogP contribution in [0, 0.1) is 5.41 Å². The normalized spacial score (nSPS) is 10.5. The Labute approximate surface area is 316 Å². The first-order valence-electron chi connectivity index (χ1n) is 13.7. The molecule has 8 heteroatoms. The van der Waals surface area contributed by atoms with Crippen molar-refractivity contribution < 1.29 is 37.9 Å². The molecule has 0 saturated heterocycles. The third kappa shape index (κ3) is 63.2. The van der Waals surface area contributed by atoms with E-state index >= 15 is 0 Å². The van der Waals surface area contributed by atoms with Gasteiger partial charge in [-0.25, -0.2) is 0 Å². The van der Waals surface area contributed by atoms with Gasteiger partial charge in [0.05, 0.1) is 107 Å². The molecule has 0 amide bonds. The van der Waals surface area contributed by atoms with Crippen molar-refractivity contribution in [1.29, 1.82) is 0 Å². The summed E-state index contributed by atoms with van der Waals surface area (Å²) in [6.45, 7) is 30.0. The van der Waals surface area contributed by atoms with Crippen LogP contribution in [0.4, 0.5) is 0 Å². The lowest BCUT2D eigenvalue weighted by Crippen LogP contribution is -2.43. The molecule has 0 aromatic heterocycles. The Bertz CT molecular complexity index is 454. The quantitative estimate of drug-likeness (QED) is 0.115. The van der Waals surface area contributed by atoms with Gasteiger partial charge in [-0.05, 0) is 83.1 Å². The van der Waals surface area contributed by atoms with Crippen molar-refractivity contribution in [2.45, 2.75) is 195 Å². The summed E-state index contributed by atoms with van der Waals surface area (Å²) >= 11 is 0. The molecule has 0 bridgehead atoms. The van der Waals surface area contributed by atoms with Crippen molar-refractivity contribution in [3.05, 3.63) is 0 Å². The van der Waals surface area contributed by atoms with Gasteiger partial charge in [-0.3, -0.25) is 0 Å². The lowest BCUT2D eigenvalue weighted by atomic mass is 9.92. The van der Waals surface area contributed by atoms with E-state index in [0.29, 0.717) is 79.3 Å². The van der Waals surface area contributed by atoms with E-state index in [1.54, 1.807) is 0 Å². The standard InChI is InChI=1S/C29H60O8.12CH4/c1-25(2,3)34-17-13-30-21-29(22-31-14-18-35-26(4,5)6,23-32-15-19-36-27(7,8)9)24-33-16-20-37-28(10,11)12;;;;;;;;;;;;/h13-24H2,1-12H3;12*1H4. The van der Waals surface area contributed by atoms with Crippen LogP contribution in [0.5, 0.6) is 0 Å². The van der Waals surface area contributed by atoms with Crippen LogP contribution >= 0.6 is 0 Å². The summed E-state index contributed by atoms with van der Waals surface area (Å²) in [6, 6.07) is 0. The van der Waals surface area contributed by atoms with E-state index in [2.05, 4.69) is 0 Å². The first kappa shape index (κ1) is 86.9. The number of hydrogen-bond acceptors (Lipinski definition) is 8. The predicted octanol–water partition coefficient (Wildman–Crippen LogP) is 12.9. The smallest absolute Gasteiger partial charge is 0.0707 e. The molecule has 0 saturated carbocycles. The minimum atomic E-state index is -0.493. The Morgan fingerprint density at radius 1 is 0.245 bits per heavy atom. The Morgan fingerprint density at radius 3 is 0.510 bits per heavy atom. The molecule has 0 heterocycles. The van der Waals surface area contributed by atoms with Crippen LogP contribution in [0.2, 0.25) is 0 Å². The van der Waals surface area contributed by atoms with E-state index < -0.39 is 5.41 Å². The topological polar surface area (TPSA) is 73.8 Å². The molecule has 49 heavy (non-hydrogen) atoms. The van der Waals surface area contributed by atoms with Crippen LogP contribution in [0.3, 0.4) is 0 Å². The maximum absolute atomic E-state index is 6.07. The van der Waals surface area contributed by atoms with Gasteiger partial charge in [0.15, 0.2) is 0 Å². The number of rotatable bonds is 20.